The molecule has 1 fully saturated rings. The van der Waals surface area contributed by atoms with Crippen LogP contribution in [-0.2, 0) is 11.3 Å². The van der Waals surface area contributed by atoms with E-state index in [1.54, 1.807) is 0 Å². The van der Waals surface area contributed by atoms with Gasteiger partial charge in [-0.3, -0.25) is 4.79 Å². The number of hydrogen-bond donors (Lipinski definition) is 0. The van der Waals surface area contributed by atoms with E-state index >= 15 is 0 Å². The number of benzene rings is 1. The number of nitrogens with zero attached hydrogens (tertiary/aromatic N) is 2. The fourth-order valence-electron chi connectivity index (χ4n) is 3.71. The Morgan fingerprint density at radius 3 is 2.79 bits per heavy atom. The van der Waals surface area contributed by atoms with E-state index in [1.807, 2.05) is 18.2 Å². The Hall–Kier alpha value is -1.80. The molecule has 1 aliphatic carbocycles. The van der Waals surface area contributed by atoms with Crippen molar-refractivity contribution in [1.29, 1.82) is 5.26 Å². The molecule has 0 N–H and O–H groups in total. The van der Waals surface area contributed by atoms with Crippen LogP contribution in [-0.4, -0.2) is 10.5 Å². The predicted molar refractivity (Wildman–Crippen MR) is 97.0 cm³/mol. The maximum absolute atomic E-state index is 11.2. The molecule has 5 heteroatoms. The van der Waals surface area contributed by atoms with E-state index in [0.29, 0.717) is 24.6 Å². The molecule has 0 aliphatic heterocycles. The SMILES string of the molecule is CC(=O)Oc1ccc2c(C3CCCCC3)c(Br)n(CCC#N)c2c1. The molecule has 4 nitrogen and oxygen atoms in total. The van der Waals surface area contributed by atoms with E-state index in [9.17, 15) is 4.79 Å². The first-order valence-electron chi connectivity index (χ1n) is 8.49. The lowest BCUT2D eigenvalue weighted by Crippen LogP contribution is -2.05. The predicted octanol–water partition coefficient (Wildman–Crippen LogP) is 5.29. The average molecular weight is 389 g/mol. The summed E-state index contributed by atoms with van der Waals surface area (Å²) >= 11 is 3.78. The first kappa shape index (κ1) is 17.0. The fraction of sp³-hybridized carbons (Fsp3) is 0.474. The number of aromatic nitrogens is 1. The largest absolute Gasteiger partial charge is 0.427 e. The maximum Gasteiger partial charge on any atom is 0.308 e. The van der Waals surface area contributed by atoms with Crippen LogP contribution in [0.3, 0.4) is 0 Å². The quantitative estimate of drug-likeness (QED) is 0.527. The van der Waals surface area contributed by atoms with Crippen molar-refractivity contribution in [2.45, 2.75) is 57.9 Å². The van der Waals surface area contributed by atoms with Gasteiger partial charge in [0.05, 0.1) is 22.6 Å². The Balaban J connectivity index is 2.11. The number of rotatable bonds is 4. The number of hydrogen-bond acceptors (Lipinski definition) is 3. The van der Waals surface area contributed by atoms with Crippen LogP contribution in [0.2, 0.25) is 0 Å². The van der Waals surface area contributed by atoms with Gasteiger partial charge in [0.25, 0.3) is 0 Å². The summed E-state index contributed by atoms with van der Waals surface area (Å²) in [5, 5.41) is 10.2. The molecular weight excluding hydrogens is 368 g/mol. The summed E-state index contributed by atoms with van der Waals surface area (Å²) in [5.74, 6) is 0.781. The highest BCUT2D eigenvalue weighted by Crippen LogP contribution is 2.43. The second-order valence-corrected chi connectivity index (χ2v) is 7.12. The summed E-state index contributed by atoms with van der Waals surface area (Å²) in [6.07, 6.45) is 6.73. The number of halogens is 1. The fourth-order valence-corrected chi connectivity index (χ4v) is 4.62. The minimum atomic E-state index is -0.323. The first-order valence-corrected chi connectivity index (χ1v) is 9.28. The van der Waals surface area contributed by atoms with Crippen molar-refractivity contribution < 1.29 is 9.53 Å². The topological polar surface area (TPSA) is 55.0 Å². The monoisotopic (exact) mass is 388 g/mol. The standard InChI is InChI=1S/C19H21BrN2O2/c1-13(23)24-15-8-9-16-17(12-15)22(11-5-10-21)19(20)18(16)14-6-3-2-4-7-14/h8-9,12,14H,2-7,11H2,1H3. The van der Waals surface area contributed by atoms with E-state index in [0.717, 1.165) is 10.1 Å². The molecular formula is C19H21BrN2O2. The molecule has 1 aliphatic rings. The molecule has 126 valence electrons. The van der Waals surface area contributed by atoms with Crippen LogP contribution < -0.4 is 4.74 Å². The highest BCUT2D eigenvalue weighted by molar-refractivity contribution is 9.10. The smallest absolute Gasteiger partial charge is 0.308 e. The molecule has 2 aromatic rings. The average Bonchev–Trinajstić information content (AvgIpc) is 2.84. The summed E-state index contributed by atoms with van der Waals surface area (Å²) in [4.78, 5) is 11.2. The van der Waals surface area contributed by atoms with Crippen molar-refractivity contribution >= 4 is 32.8 Å². The second kappa shape index (κ2) is 7.40. The molecule has 3 rings (SSSR count). The summed E-state index contributed by atoms with van der Waals surface area (Å²) in [7, 11) is 0. The summed E-state index contributed by atoms with van der Waals surface area (Å²) in [6.45, 7) is 2.03. The zero-order chi connectivity index (χ0) is 17.1. The van der Waals surface area contributed by atoms with Crippen molar-refractivity contribution in [2.75, 3.05) is 0 Å². The molecule has 0 saturated heterocycles. The zero-order valence-corrected chi connectivity index (χ0v) is 15.4. The summed E-state index contributed by atoms with van der Waals surface area (Å²) < 4.78 is 8.45. The number of nitriles is 1. The Labute approximate surface area is 150 Å². The number of aryl methyl sites for hydroxylation is 1. The molecule has 1 saturated carbocycles. The number of esters is 1. The number of carbonyl (C=O) groups is 1. The van der Waals surface area contributed by atoms with Gasteiger partial charge in [-0.2, -0.15) is 5.26 Å². The second-order valence-electron chi connectivity index (χ2n) is 6.37. The third-order valence-corrected chi connectivity index (χ3v) is 5.59. The van der Waals surface area contributed by atoms with Gasteiger partial charge in [0.15, 0.2) is 0 Å². The lowest BCUT2D eigenvalue weighted by atomic mass is 9.84. The molecule has 0 atom stereocenters. The highest BCUT2D eigenvalue weighted by atomic mass is 79.9. The Morgan fingerprint density at radius 1 is 1.38 bits per heavy atom. The Kier molecular flexibility index (Phi) is 5.25. The molecule has 0 amide bonds. The summed E-state index contributed by atoms with van der Waals surface area (Å²) in [6, 6.07) is 8.03. The highest BCUT2D eigenvalue weighted by Gasteiger charge is 2.24. The van der Waals surface area contributed by atoms with Crippen molar-refractivity contribution in [3.05, 3.63) is 28.4 Å². The van der Waals surface area contributed by atoms with E-state index in [2.05, 4.69) is 26.6 Å². The zero-order valence-electron chi connectivity index (χ0n) is 13.8. The van der Waals surface area contributed by atoms with Crippen LogP contribution in [0.15, 0.2) is 22.8 Å². The van der Waals surface area contributed by atoms with E-state index in [-0.39, 0.29) is 5.97 Å². The third kappa shape index (κ3) is 3.34. The van der Waals surface area contributed by atoms with Crippen LogP contribution >= 0.6 is 15.9 Å². The molecule has 0 spiro atoms. The van der Waals surface area contributed by atoms with Gasteiger partial charge in [-0.1, -0.05) is 19.3 Å². The summed E-state index contributed by atoms with van der Waals surface area (Å²) in [5.41, 5.74) is 2.37. The van der Waals surface area contributed by atoms with Crippen molar-refractivity contribution in [3.63, 3.8) is 0 Å². The molecule has 0 unspecified atom stereocenters. The first-order chi connectivity index (χ1) is 11.6. The molecule has 1 aromatic heterocycles. The van der Waals surface area contributed by atoms with E-state index in [1.165, 1.54) is 50.0 Å². The van der Waals surface area contributed by atoms with Crippen molar-refractivity contribution in [2.24, 2.45) is 0 Å². The lowest BCUT2D eigenvalue weighted by molar-refractivity contribution is -0.131. The number of carbonyl (C=O) groups excluding carboxylic acids is 1. The van der Waals surface area contributed by atoms with Crippen LogP contribution in [0.5, 0.6) is 5.75 Å². The van der Waals surface area contributed by atoms with Crippen LogP contribution in [0.1, 0.15) is 56.9 Å². The van der Waals surface area contributed by atoms with Crippen LogP contribution in [0, 0.1) is 11.3 Å². The van der Waals surface area contributed by atoms with Gasteiger partial charge in [0.2, 0.25) is 0 Å². The van der Waals surface area contributed by atoms with Gasteiger partial charge in [0.1, 0.15) is 5.75 Å². The minimum Gasteiger partial charge on any atom is -0.427 e. The van der Waals surface area contributed by atoms with Gasteiger partial charge in [-0.15, -0.1) is 0 Å². The molecule has 1 heterocycles. The van der Waals surface area contributed by atoms with E-state index in [4.69, 9.17) is 10.00 Å². The van der Waals surface area contributed by atoms with Gasteiger partial charge in [-0.25, -0.2) is 0 Å². The maximum atomic E-state index is 11.2. The van der Waals surface area contributed by atoms with Crippen LogP contribution in [0.25, 0.3) is 10.9 Å². The van der Waals surface area contributed by atoms with Gasteiger partial charge in [0, 0.05) is 24.9 Å². The molecule has 24 heavy (non-hydrogen) atoms. The lowest BCUT2D eigenvalue weighted by Gasteiger charge is -2.22. The van der Waals surface area contributed by atoms with Gasteiger partial charge in [-0.05, 0) is 52.4 Å². The minimum absolute atomic E-state index is 0.323. The van der Waals surface area contributed by atoms with Crippen LogP contribution in [0.4, 0.5) is 0 Å². The van der Waals surface area contributed by atoms with Gasteiger partial charge >= 0.3 is 5.97 Å². The number of ether oxygens (including phenoxy) is 1. The normalized spacial score (nSPS) is 15.4. The van der Waals surface area contributed by atoms with Crippen molar-refractivity contribution in [3.8, 4) is 11.8 Å². The Bertz CT molecular complexity index is 798. The Morgan fingerprint density at radius 2 is 2.12 bits per heavy atom. The molecule has 0 bridgehead atoms. The van der Waals surface area contributed by atoms with Crippen molar-refractivity contribution in [1.82, 2.24) is 4.57 Å². The van der Waals surface area contributed by atoms with Gasteiger partial charge < -0.3 is 9.30 Å². The van der Waals surface area contributed by atoms with E-state index < -0.39 is 0 Å². The molecule has 0 radical (unpaired) electrons. The third-order valence-electron chi connectivity index (χ3n) is 4.73. The number of fused-ring (bicyclic) bond motifs is 1. The molecule has 1 aromatic carbocycles.